The molecule has 0 aromatic rings. The quantitative estimate of drug-likeness (QED) is 0.0321. The third-order valence-corrected chi connectivity index (χ3v) is 6.90. The van der Waals surface area contributed by atoms with Crippen molar-refractivity contribution in [1.82, 2.24) is 0 Å². The first-order chi connectivity index (χ1) is 26.6. The molecule has 0 amide bonds. The van der Waals surface area contributed by atoms with Gasteiger partial charge in [-0.2, -0.15) is 0 Å². The second kappa shape index (κ2) is 32.4. The number of hydrogen-bond donors (Lipinski definition) is 1. The molecule has 0 aliphatic rings. The van der Waals surface area contributed by atoms with Crippen molar-refractivity contribution >= 4 is 29.8 Å². The maximum atomic E-state index is 12.4. The van der Waals surface area contributed by atoms with E-state index in [2.05, 4.69) is 19.7 Å². The largest absolute Gasteiger partial charge is 0.460 e. The maximum absolute atomic E-state index is 12.4. The van der Waals surface area contributed by atoms with Gasteiger partial charge in [0.05, 0.1) is 65.6 Å². The summed E-state index contributed by atoms with van der Waals surface area (Å²) in [6.07, 6.45) is -0.300. The minimum absolute atomic E-state index is 0.0291. The van der Waals surface area contributed by atoms with Crippen molar-refractivity contribution in [3.05, 3.63) is 38.0 Å². The summed E-state index contributed by atoms with van der Waals surface area (Å²) in [5, 5.41) is 9.59. The summed E-state index contributed by atoms with van der Waals surface area (Å²) in [6, 6.07) is 0. The van der Waals surface area contributed by atoms with Gasteiger partial charge in [0, 0.05) is 37.5 Å². The molecule has 0 saturated carbocycles. The maximum Gasteiger partial charge on any atom is 0.330 e. The van der Waals surface area contributed by atoms with Gasteiger partial charge in [-0.05, 0) is 54.4 Å². The van der Waals surface area contributed by atoms with E-state index in [0.29, 0.717) is 19.3 Å². The highest BCUT2D eigenvalue weighted by Crippen LogP contribution is 2.10. The number of aliphatic hydroxyl groups excluding tert-OH is 1. The zero-order valence-electron chi connectivity index (χ0n) is 33.9. The van der Waals surface area contributed by atoms with Gasteiger partial charge in [0.1, 0.15) is 36.6 Å². The number of hydrogen-bond acceptors (Lipinski definition) is 17. The van der Waals surface area contributed by atoms with Crippen LogP contribution in [0.25, 0.3) is 0 Å². The van der Waals surface area contributed by atoms with Crippen LogP contribution in [0.4, 0.5) is 0 Å². The summed E-state index contributed by atoms with van der Waals surface area (Å²) < 4.78 is 60.1. The second-order valence-corrected chi connectivity index (χ2v) is 13.0. The number of aliphatic hydroxyl groups is 1. The molecule has 0 heterocycles. The van der Waals surface area contributed by atoms with Crippen LogP contribution in [0.1, 0.15) is 73.6 Å². The van der Waals surface area contributed by atoms with Crippen molar-refractivity contribution in [1.29, 1.82) is 0 Å². The molecule has 0 aromatic carbocycles. The SMILES string of the molecule is C=CC(=O)OC(C)COCCC(OCC(C)O)OCC(C)OC(=O)CCCCC(=O)OC(C)COCC(COCC(C)OC(=O)C=C)OCC(C)OC(=O)C=C. The monoisotopic (exact) mass is 804 g/mol. The zero-order chi connectivity index (χ0) is 42.3. The summed E-state index contributed by atoms with van der Waals surface area (Å²) in [5.74, 6) is -2.61. The predicted molar refractivity (Wildman–Crippen MR) is 201 cm³/mol. The molecule has 17 nitrogen and oxygen atoms in total. The molecule has 322 valence electrons. The normalized spacial score (nSPS) is 15.4. The van der Waals surface area contributed by atoms with Crippen LogP contribution in [0, 0.1) is 0 Å². The van der Waals surface area contributed by atoms with E-state index in [0.717, 1.165) is 18.2 Å². The van der Waals surface area contributed by atoms with Crippen LogP contribution in [-0.2, 0) is 76.1 Å². The second-order valence-electron chi connectivity index (χ2n) is 13.0. The number of rotatable bonds is 35. The van der Waals surface area contributed by atoms with Gasteiger partial charge in [-0.3, -0.25) is 9.59 Å². The van der Waals surface area contributed by atoms with E-state index < -0.39 is 78.9 Å². The first-order valence-electron chi connectivity index (χ1n) is 18.7. The van der Waals surface area contributed by atoms with Gasteiger partial charge in [0.2, 0.25) is 0 Å². The average Bonchev–Trinajstić information content (AvgIpc) is 3.14. The average molecular weight is 805 g/mol. The van der Waals surface area contributed by atoms with E-state index in [1.165, 1.54) is 0 Å². The van der Waals surface area contributed by atoms with Gasteiger partial charge in [0.25, 0.3) is 0 Å². The van der Waals surface area contributed by atoms with Crippen LogP contribution in [0.3, 0.4) is 0 Å². The molecule has 0 fully saturated rings. The Labute approximate surface area is 330 Å². The molecule has 8 unspecified atom stereocenters. The molecule has 0 bridgehead atoms. The van der Waals surface area contributed by atoms with Crippen LogP contribution in [0.5, 0.6) is 0 Å². The Morgan fingerprint density at radius 2 is 0.875 bits per heavy atom. The summed E-state index contributed by atoms with van der Waals surface area (Å²) in [4.78, 5) is 58.9. The lowest BCUT2D eigenvalue weighted by Crippen LogP contribution is -2.33. The van der Waals surface area contributed by atoms with Crippen molar-refractivity contribution in [3.8, 4) is 0 Å². The summed E-state index contributed by atoms with van der Waals surface area (Å²) in [5.41, 5.74) is 0. The molecule has 56 heavy (non-hydrogen) atoms. The van der Waals surface area contributed by atoms with Crippen LogP contribution in [-0.4, -0.2) is 143 Å². The Kier molecular flexibility index (Phi) is 30.2. The molecule has 17 heteroatoms. The first-order valence-corrected chi connectivity index (χ1v) is 18.7. The van der Waals surface area contributed by atoms with Crippen LogP contribution in [0.2, 0.25) is 0 Å². The van der Waals surface area contributed by atoms with Crippen LogP contribution >= 0.6 is 0 Å². The fourth-order valence-electron chi connectivity index (χ4n) is 4.29. The number of unbranched alkanes of at least 4 members (excludes halogenated alkanes) is 1. The lowest BCUT2D eigenvalue weighted by molar-refractivity contribution is -0.185. The zero-order valence-corrected chi connectivity index (χ0v) is 33.9. The van der Waals surface area contributed by atoms with Gasteiger partial charge >= 0.3 is 29.8 Å². The van der Waals surface area contributed by atoms with Gasteiger partial charge in [0.15, 0.2) is 6.29 Å². The van der Waals surface area contributed by atoms with E-state index in [9.17, 15) is 29.1 Å². The first kappa shape index (κ1) is 52.3. The third-order valence-electron chi connectivity index (χ3n) is 6.90. The van der Waals surface area contributed by atoms with Crippen molar-refractivity contribution in [3.63, 3.8) is 0 Å². The van der Waals surface area contributed by atoms with E-state index >= 15 is 0 Å². The van der Waals surface area contributed by atoms with Gasteiger partial charge in [-0.15, -0.1) is 0 Å². The van der Waals surface area contributed by atoms with Crippen molar-refractivity contribution in [2.45, 2.75) is 123 Å². The molecular formula is C39H64O17. The fraction of sp³-hybridized carbons (Fsp3) is 0.718. The standard InChI is InChI=1S/C39H64O17/c1-10-34(41)52-28(5)20-46-18-17-39(50-19-27(4)40)51-24-32(9)56-38(45)16-14-13-15-37(44)55-30(7)22-48-26-33(49-23-31(8)54-36(43)12-3)25-47-21-29(6)53-35(42)11-2/h10-12,27-33,39-40H,1-3,13-26H2,4-9H3. The molecule has 0 aliphatic heterocycles. The third kappa shape index (κ3) is 30.5. The Bertz CT molecular complexity index is 1160. The highest BCUT2D eigenvalue weighted by Gasteiger charge is 2.19. The Balaban J connectivity index is 4.53. The summed E-state index contributed by atoms with van der Waals surface area (Å²) in [7, 11) is 0. The Morgan fingerprint density at radius 1 is 0.500 bits per heavy atom. The van der Waals surface area contributed by atoms with Crippen LogP contribution < -0.4 is 0 Å². The molecular weight excluding hydrogens is 740 g/mol. The Hall–Kier alpha value is -3.71. The van der Waals surface area contributed by atoms with E-state index in [1.54, 1.807) is 41.5 Å². The molecule has 0 rings (SSSR count). The molecule has 0 aliphatic carbocycles. The molecule has 0 aromatic heterocycles. The summed E-state index contributed by atoms with van der Waals surface area (Å²) >= 11 is 0. The highest BCUT2D eigenvalue weighted by molar-refractivity contribution is 5.82. The minimum atomic E-state index is -0.736. The molecule has 0 saturated heterocycles. The van der Waals surface area contributed by atoms with Gasteiger partial charge in [-0.1, -0.05) is 19.7 Å². The van der Waals surface area contributed by atoms with Crippen molar-refractivity contribution in [2.24, 2.45) is 0 Å². The summed E-state index contributed by atoms with van der Waals surface area (Å²) in [6.45, 7) is 20.8. The number of carbonyl (C=O) groups excluding carboxylic acids is 5. The molecule has 0 radical (unpaired) electrons. The van der Waals surface area contributed by atoms with Crippen molar-refractivity contribution < 1.29 is 81.2 Å². The van der Waals surface area contributed by atoms with Gasteiger partial charge in [-0.25, -0.2) is 14.4 Å². The fourth-order valence-corrected chi connectivity index (χ4v) is 4.29. The number of ether oxygens (including phenoxy) is 11. The number of esters is 5. The van der Waals surface area contributed by atoms with E-state index in [1.807, 2.05) is 0 Å². The molecule has 0 spiro atoms. The number of carbonyl (C=O) groups is 5. The smallest absolute Gasteiger partial charge is 0.330 e. The lowest BCUT2D eigenvalue weighted by atomic mass is 10.2. The van der Waals surface area contributed by atoms with Gasteiger partial charge < -0.3 is 57.2 Å². The van der Waals surface area contributed by atoms with Crippen molar-refractivity contribution in [2.75, 3.05) is 59.5 Å². The highest BCUT2D eigenvalue weighted by atomic mass is 16.7. The van der Waals surface area contributed by atoms with E-state index in [4.69, 9.17) is 52.1 Å². The molecule has 8 atom stereocenters. The minimum Gasteiger partial charge on any atom is -0.460 e. The van der Waals surface area contributed by atoms with Crippen LogP contribution in [0.15, 0.2) is 38.0 Å². The van der Waals surface area contributed by atoms with E-state index in [-0.39, 0.29) is 72.3 Å². The lowest BCUT2D eigenvalue weighted by Gasteiger charge is -2.22. The predicted octanol–water partition coefficient (Wildman–Crippen LogP) is 3.33. The Morgan fingerprint density at radius 3 is 1.32 bits per heavy atom. The molecule has 1 N–H and O–H groups in total. The topological polar surface area (TPSA) is 207 Å².